The van der Waals surface area contributed by atoms with Gasteiger partial charge >= 0.3 is 0 Å². The molecule has 0 spiro atoms. The van der Waals surface area contributed by atoms with Gasteiger partial charge < -0.3 is 0 Å². The zero-order chi connectivity index (χ0) is 16.5. The SMILES string of the molecule is CS(=O)(=O)c1cccc(C(=O)c2cccc(S(C)(=O)=O)c2)c1. The van der Waals surface area contributed by atoms with Crippen LogP contribution < -0.4 is 0 Å². The van der Waals surface area contributed by atoms with Crippen LogP contribution in [0.25, 0.3) is 0 Å². The summed E-state index contributed by atoms with van der Waals surface area (Å²) in [6.45, 7) is 0. The summed E-state index contributed by atoms with van der Waals surface area (Å²) in [6, 6.07) is 11.3. The average Bonchev–Trinajstić information content (AvgIpc) is 2.45. The standard InChI is InChI=1S/C15H14O5S2/c1-21(17,18)13-7-3-5-11(9-13)15(16)12-6-4-8-14(10-12)22(2,19)20/h3-10H,1-2H3. The Morgan fingerprint density at radius 2 is 1.09 bits per heavy atom. The highest BCUT2D eigenvalue weighted by Crippen LogP contribution is 2.17. The number of carbonyl (C=O) groups excluding carboxylic acids is 1. The molecule has 116 valence electrons. The van der Waals surface area contributed by atoms with E-state index < -0.39 is 25.5 Å². The molecule has 0 unspecified atom stereocenters. The minimum Gasteiger partial charge on any atom is -0.289 e. The third kappa shape index (κ3) is 3.61. The summed E-state index contributed by atoms with van der Waals surface area (Å²) in [6.07, 6.45) is 2.11. The van der Waals surface area contributed by atoms with Crippen LogP contribution in [0.5, 0.6) is 0 Å². The van der Waals surface area contributed by atoms with E-state index in [1.54, 1.807) is 0 Å². The van der Waals surface area contributed by atoms with Crippen molar-refractivity contribution in [3.63, 3.8) is 0 Å². The van der Waals surface area contributed by atoms with Crippen LogP contribution in [-0.2, 0) is 19.7 Å². The topological polar surface area (TPSA) is 85.3 Å². The number of sulfone groups is 2. The highest BCUT2D eigenvalue weighted by molar-refractivity contribution is 7.91. The Morgan fingerprint density at radius 1 is 0.727 bits per heavy atom. The maximum absolute atomic E-state index is 12.4. The summed E-state index contributed by atoms with van der Waals surface area (Å²) < 4.78 is 46.2. The average molecular weight is 338 g/mol. The van der Waals surface area contributed by atoms with E-state index >= 15 is 0 Å². The van der Waals surface area contributed by atoms with Crippen molar-refractivity contribution in [2.24, 2.45) is 0 Å². The second-order valence-electron chi connectivity index (χ2n) is 4.93. The number of benzene rings is 2. The molecule has 2 rings (SSSR count). The van der Waals surface area contributed by atoms with Crippen molar-refractivity contribution in [2.75, 3.05) is 12.5 Å². The van der Waals surface area contributed by atoms with Gasteiger partial charge in [-0.25, -0.2) is 16.8 Å². The number of hydrogen-bond acceptors (Lipinski definition) is 5. The van der Waals surface area contributed by atoms with E-state index in [0.29, 0.717) is 0 Å². The minimum absolute atomic E-state index is 0.0395. The maximum Gasteiger partial charge on any atom is 0.193 e. The number of ketones is 1. The van der Waals surface area contributed by atoms with E-state index in [-0.39, 0.29) is 20.9 Å². The minimum atomic E-state index is -3.42. The van der Waals surface area contributed by atoms with Gasteiger partial charge in [0.05, 0.1) is 9.79 Å². The molecular formula is C15H14O5S2. The van der Waals surface area contributed by atoms with E-state index in [2.05, 4.69) is 0 Å². The van der Waals surface area contributed by atoms with Crippen LogP contribution in [-0.4, -0.2) is 35.1 Å². The molecule has 0 amide bonds. The fourth-order valence-electron chi connectivity index (χ4n) is 1.90. The highest BCUT2D eigenvalue weighted by atomic mass is 32.2. The van der Waals surface area contributed by atoms with Crippen LogP contribution in [0.4, 0.5) is 0 Å². The molecule has 2 aromatic rings. The van der Waals surface area contributed by atoms with Crippen molar-refractivity contribution in [2.45, 2.75) is 9.79 Å². The third-order valence-corrected chi connectivity index (χ3v) is 5.27. The normalized spacial score (nSPS) is 12.1. The van der Waals surface area contributed by atoms with E-state index in [0.717, 1.165) is 12.5 Å². The van der Waals surface area contributed by atoms with Crippen LogP contribution in [0.15, 0.2) is 58.3 Å². The van der Waals surface area contributed by atoms with Gasteiger partial charge in [-0.1, -0.05) is 24.3 Å². The second kappa shape index (κ2) is 5.66. The first kappa shape index (κ1) is 16.4. The van der Waals surface area contributed by atoms with Crippen LogP contribution in [0.1, 0.15) is 15.9 Å². The van der Waals surface area contributed by atoms with E-state index in [1.807, 2.05) is 0 Å². The Hall–Kier alpha value is -1.99. The summed E-state index contributed by atoms with van der Waals surface area (Å²) >= 11 is 0. The molecule has 0 radical (unpaired) electrons. The zero-order valence-corrected chi connectivity index (χ0v) is 13.6. The smallest absolute Gasteiger partial charge is 0.193 e. The van der Waals surface area contributed by atoms with Crippen LogP contribution >= 0.6 is 0 Å². The lowest BCUT2D eigenvalue weighted by Gasteiger charge is -2.05. The quantitative estimate of drug-likeness (QED) is 0.793. The Morgan fingerprint density at radius 3 is 1.41 bits per heavy atom. The fraction of sp³-hybridized carbons (Fsp3) is 0.133. The Bertz CT molecular complexity index is 864. The van der Waals surface area contributed by atoms with Crippen molar-refractivity contribution in [1.29, 1.82) is 0 Å². The molecule has 0 N–H and O–H groups in total. The van der Waals surface area contributed by atoms with Crippen molar-refractivity contribution in [1.82, 2.24) is 0 Å². The van der Waals surface area contributed by atoms with Crippen LogP contribution in [0, 0.1) is 0 Å². The Kier molecular flexibility index (Phi) is 4.21. The lowest BCUT2D eigenvalue weighted by molar-refractivity contribution is 0.103. The first-order valence-corrected chi connectivity index (χ1v) is 10.0. The zero-order valence-electron chi connectivity index (χ0n) is 12.0. The lowest BCUT2D eigenvalue weighted by Crippen LogP contribution is -2.06. The van der Waals surface area contributed by atoms with Gasteiger partial charge in [0.25, 0.3) is 0 Å². The first-order valence-electron chi connectivity index (χ1n) is 6.24. The number of hydrogen-bond donors (Lipinski definition) is 0. The molecule has 2 aromatic carbocycles. The lowest BCUT2D eigenvalue weighted by atomic mass is 10.0. The van der Waals surface area contributed by atoms with Crippen molar-refractivity contribution < 1.29 is 21.6 Å². The van der Waals surface area contributed by atoms with Crippen LogP contribution in [0.2, 0.25) is 0 Å². The molecule has 0 aliphatic rings. The first-order chi connectivity index (χ1) is 10.1. The summed E-state index contributed by atoms with van der Waals surface area (Å²) in [5, 5.41) is 0. The van der Waals surface area contributed by atoms with Crippen molar-refractivity contribution in [3.05, 3.63) is 59.7 Å². The summed E-state index contributed by atoms with van der Waals surface area (Å²) in [4.78, 5) is 12.5. The molecule has 0 fully saturated rings. The summed E-state index contributed by atoms with van der Waals surface area (Å²) in [5.74, 6) is -0.434. The summed E-state index contributed by atoms with van der Waals surface area (Å²) in [7, 11) is -6.84. The monoisotopic (exact) mass is 338 g/mol. The van der Waals surface area contributed by atoms with Gasteiger partial charge in [0.15, 0.2) is 25.5 Å². The van der Waals surface area contributed by atoms with Gasteiger partial charge in [-0.2, -0.15) is 0 Å². The predicted molar refractivity (Wildman–Crippen MR) is 82.5 cm³/mol. The van der Waals surface area contributed by atoms with E-state index in [9.17, 15) is 21.6 Å². The second-order valence-corrected chi connectivity index (χ2v) is 8.96. The van der Waals surface area contributed by atoms with Gasteiger partial charge in [0.1, 0.15) is 0 Å². The number of carbonyl (C=O) groups is 1. The molecule has 0 aliphatic heterocycles. The molecule has 5 nitrogen and oxygen atoms in total. The molecule has 0 aromatic heterocycles. The van der Waals surface area contributed by atoms with Gasteiger partial charge in [-0.15, -0.1) is 0 Å². The highest BCUT2D eigenvalue weighted by Gasteiger charge is 2.15. The largest absolute Gasteiger partial charge is 0.289 e. The maximum atomic E-state index is 12.4. The Balaban J connectivity index is 2.50. The van der Waals surface area contributed by atoms with Crippen molar-refractivity contribution >= 4 is 25.5 Å². The van der Waals surface area contributed by atoms with Crippen molar-refractivity contribution in [3.8, 4) is 0 Å². The molecule has 0 saturated heterocycles. The third-order valence-electron chi connectivity index (χ3n) is 3.05. The summed E-state index contributed by atoms with van der Waals surface area (Å²) in [5.41, 5.74) is 0.377. The molecular weight excluding hydrogens is 324 g/mol. The molecule has 0 aliphatic carbocycles. The van der Waals surface area contributed by atoms with Gasteiger partial charge in [-0.3, -0.25) is 4.79 Å². The molecule has 7 heteroatoms. The number of rotatable bonds is 4. The van der Waals surface area contributed by atoms with Crippen LogP contribution in [0.3, 0.4) is 0 Å². The Labute approximate surface area is 129 Å². The molecule has 0 saturated carbocycles. The van der Waals surface area contributed by atoms with Gasteiger partial charge in [0.2, 0.25) is 0 Å². The van der Waals surface area contributed by atoms with Gasteiger partial charge in [0, 0.05) is 23.6 Å². The molecule has 0 heterocycles. The fourth-order valence-corrected chi connectivity index (χ4v) is 3.24. The van der Waals surface area contributed by atoms with E-state index in [4.69, 9.17) is 0 Å². The van der Waals surface area contributed by atoms with E-state index in [1.165, 1.54) is 48.5 Å². The molecule has 22 heavy (non-hydrogen) atoms. The molecule has 0 bridgehead atoms. The molecule has 0 atom stereocenters. The predicted octanol–water partition coefficient (Wildman–Crippen LogP) is 1.72. The van der Waals surface area contributed by atoms with Gasteiger partial charge in [-0.05, 0) is 24.3 Å².